The highest BCUT2D eigenvalue weighted by Gasteiger charge is 2.16. The van der Waals surface area contributed by atoms with E-state index in [2.05, 4.69) is 32.8 Å². The highest BCUT2D eigenvalue weighted by molar-refractivity contribution is 7.17. The monoisotopic (exact) mass is 381 g/mol. The molecule has 4 rings (SSSR count). The predicted molar refractivity (Wildman–Crippen MR) is 109 cm³/mol. The quantitative estimate of drug-likeness (QED) is 0.421. The molecule has 0 amide bonds. The van der Waals surface area contributed by atoms with Crippen LogP contribution in [0.25, 0.3) is 21.3 Å². The van der Waals surface area contributed by atoms with Crippen molar-refractivity contribution in [2.45, 2.75) is 6.92 Å². The summed E-state index contributed by atoms with van der Waals surface area (Å²) in [6.07, 6.45) is 0. The van der Waals surface area contributed by atoms with Crippen molar-refractivity contribution in [1.82, 2.24) is 9.97 Å². The maximum absolute atomic E-state index is 6.16. The van der Waals surface area contributed by atoms with E-state index < -0.39 is 0 Å². The van der Waals surface area contributed by atoms with E-state index in [1.165, 1.54) is 0 Å². The molecule has 26 heavy (non-hydrogen) atoms. The minimum atomic E-state index is 0.218. The van der Waals surface area contributed by atoms with Crippen molar-refractivity contribution in [2.75, 3.05) is 11.9 Å². The molecule has 0 unspecified atom stereocenters. The van der Waals surface area contributed by atoms with Gasteiger partial charge in [-0.2, -0.15) is 4.98 Å². The number of ether oxygens (including phenoxy) is 1. The molecule has 130 valence electrons. The Morgan fingerprint density at radius 2 is 1.81 bits per heavy atom. The molecular weight excluding hydrogens is 366 g/mol. The molecule has 4 nitrogen and oxygen atoms in total. The zero-order valence-electron chi connectivity index (χ0n) is 14.1. The summed E-state index contributed by atoms with van der Waals surface area (Å²) in [5.41, 5.74) is 3.04. The standard InChI is InChI=1S/C20H16ClN3OS/c1-2-25-16-11-7-6-10-15(16)22-18-17-14(13-8-4-3-5-9-13)12-26-19(17)24-20(21)23-18/h3-12H,2H2,1H3,(H,22,23,24). The number of anilines is 2. The van der Waals surface area contributed by atoms with E-state index in [1.807, 2.05) is 49.4 Å². The van der Waals surface area contributed by atoms with Crippen molar-refractivity contribution in [3.8, 4) is 16.9 Å². The largest absolute Gasteiger partial charge is 0.492 e. The first-order valence-corrected chi connectivity index (χ1v) is 9.51. The molecule has 1 N–H and O–H groups in total. The number of para-hydroxylation sites is 2. The fourth-order valence-corrected chi connectivity index (χ4v) is 3.98. The number of nitrogens with one attached hydrogen (secondary N) is 1. The van der Waals surface area contributed by atoms with E-state index in [1.54, 1.807) is 11.3 Å². The summed E-state index contributed by atoms with van der Waals surface area (Å²) in [4.78, 5) is 9.68. The fourth-order valence-electron chi connectivity index (χ4n) is 2.82. The smallest absolute Gasteiger partial charge is 0.225 e. The molecule has 0 fully saturated rings. The Kier molecular flexibility index (Phi) is 4.73. The van der Waals surface area contributed by atoms with Crippen molar-refractivity contribution in [1.29, 1.82) is 0 Å². The number of nitrogens with zero attached hydrogens (tertiary/aromatic N) is 2. The van der Waals surface area contributed by atoms with Gasteiger partial charge < -0.3 is 10.1 Å². The Balaban J connectivity index is 1.86. The zero-order chi connectivity index (χ0) is 17.9. The number of hydrogen-bond acceptors (Lipinski definition) is 5. The lowest BCUT2D eigenvalue weighted by molar-refractivity contribution is 0.342. The molecule has 0 saturated carbocycles. The average molecular weight is 382 g/mol. The van der Waals surface area contributed by atoms with Crippen molar-refractivity contribution >= 4 is 44.7 Å². The second kappa shape index (κ2) is 7.32. The van der Waals surface area contributed by atoms with Crippen LogP contribution in [0.5, 0.6) is 5.75 Å². The maximum Gasteiger partial charge on any atom is 0.225 e. The van der Waals surface area contributed by atoms with Gasteiger partial charge in [0, 0.05) is 10.9 Å². The Labute approximate surface area is 160 Å². The predicted octanol–water partition coefficient (Wildman–Crippen LogP) is 6.15. The van der Waals surface area contributed by atoms with Crippen LogP contribution in [0.1, 0.15) is 6.92 Å². The van der Waals surface area contributed by atoms with E-state index in [0.717, 1.165) is 32.8 Å². The van der Waals surface area contributed by atoms with Crippen molar-refractivity contribution in [3.05, 3.63) is 65.3 Å². The lowest BCUT2D eigenvalue weighted by atomic mass is 10.1. The van der Waals surface area contributed by atoms with E-state index in [4.69, 9.17) is 16.3 Å². The molecule has 0 spiro atoms. The summed E-state index contributed by atoms with van der Waals surface area (Å²) in [6, 6.07) is 18.0. The van der Waals surface area contributed by atoms with Gasteiger partial charge in [-0.1, -0.05) is 42.5 Å². The third kappa shape index (κ3) is 3.23. The van der Waals surface area contributed by atoms with Gasteiger partial charge in [0.1, 0.15) is 16.4 Å². The van der Waals surface area contributed by atoms with Crippen molar-refractivity contribution < 1.29 is 4.74 Å². The van der Waals surface area contributed by atoms with Crippen LogP contribution in [-0.2, 0) is 0 Å². The number of halogens is 1. The molecule has 0 aliphatic carbocycles. The molecular formula is C20H16ClN3OS. The van der Waals surface area contributed by atoms with Crippen LogP contribution in [0.2, 0.25) is 5.28 Å². The van der Waals surface area contributed by atoms with Gasteiger partial charge in [0.2, 0.25) is 5.28 Å². The van der Waals surface area contributed by atoms with Gasteiger partial charge in [-0.15, -0.1) is 11.3 Å². The summed E-state index contributed by atoms with van der Waals surface area (Å²) >= 11 is 7.71. The zero-order valence-corrected chi connectivity index (χ0v) is 15.6. The molecule has 4 aromatic rings. The third-order valence-corrected chi connectivity index (χ3v) is 4.97. The first-order valence-electron chi connectivity index (χ1n) is 8.25. The third-order valence-electron chi connectivity index (χ3n) is 3.93. The van der Waals surface area contributed by atoms with Gasteiger partial charge in [-0.3, -0.25) is 0 Å². The van der Waals surface area contributed by atoms with Crippen molar-refractivity contribution in [3.63, 3.8) is 0 Å². The van der Waals surface area contributed by atoms with Crippen LogP contribution in [-0.4, -0.2) is 16.6 Å². The van der Waals surface area contributed by atoms with E-state index >= 15 is 0 Å². The van der Waals surface area contributed by atoms with Gasteiger partial charge in [-0.25, -0.2) is 4.98 Å². The summed E-state index contributed by atoms with van der Waals surface area (Å²) < 4.78 is 5.71. The van der Waals surface area contributed by atoms with Crippen LogP contribution in [0.3, 0.4) is 0 Å². The van der Waals surface area contributed by atoms with Crippen LogP contribution in [0.4, 0.5) is 11.5 Å². The summed E-state index contributed by atoms with van der Waals surface area (Å²) in [5, 5.41) is 6.64. The Bertz CT molecular complexity index is 1050. The first-order chi connectivity index (χ1) is 12.8. The number of fused-ring (bicyclic) bond motifs is 1. The van der Waals surface area contributed by atoms with Crippen LogP contribution >= 0.6 is 22.9 Å². The van der Waals surface area contributed by atoms with Crippen LogP contribution < -0.4 is 10.1 Å². The van der Waals surface area contributed by atoms with Crippen molar-refractivity contribution in [2.24, 2.45) is 0 Å². The number of hydrogen-bond donors (Lipinski definition) is 1. The topological polar surface area (TPSA) is 47.0 Å². The van der Waals surface area contributed by atoms with Gasteiger partial charge in [-0.05, 0) is 36.2 Å². The van der Waals surface area contributed by atoms with E-state index in [9.17, 15) is 0 Å². The van der Waals surface area contributed by atoms with Gasteiger partial charge in [0.25, 0.3) is 0 Å². The van der Waals surface area contributed by atoms with Gasteiger partial charge >= 0.3 is 0 Å². The molecule has 6 heteroatoms. The lowest BCUT2D eigenvalue weighted by Crippen LogP contribution is -2.00. The van der Waals surface area contributed by atoms with Gasteiger partial charge in [0.05, 0.1) is 17.7 Å². The minimum absolute atomic E-state index is 0.218. The molecule has 2 heterocycles. The lowest BCUT2D eigenvalue weighted by Gasteiger charge is -2.13. The molecule has 0 radical (unpaired) electrons. The second-order valence-corrected chi connectivity index (χ2v) is 6.79. The molecule has 0 aliphatic heterocycles. The fraction of sp³-hybridized carbons (Fsp3) is 0.100. The van der Waals surface area contributed by atoms with E-state index in [-0.39, 0.29) is 5.28 Å². The number of aromatic nitrogens is 2. The molecule has 0 aliphatic rings. The molecule has 0 atom stereocenters. The highest BCUT2D eigenvalue weighted by atomic mass is 35.5. The Hall–Kier alpha value is -2.63. The molecule has 2 aromatic carbocycles. The van der Waals surface area contributed by atoms with Gasteiger partial charge in [0.15, 0.2) is 0 Å². The molecule has 0 saturated heterocycles. The first kappa shape index (κ1) is 16.8. The second-order valence-electron chi connectivity index (χ2n) is 5.59. The Morgan fingerprint density at radius 3 is 2.62 bits per heavy atom. The minimum Gasteiger partial charge on any atom is -0.492 e. The maximum atomic E-state index is 6.16. The molecule has 0 bridgehead atoms. The Morgan fingerprint density at radius 1 is 1.04 bits per heavy atom. The number of benzene rings is 2. The number of rotatable bonds is 5. The summed E-state index contributed by atoms with van der Waals surface area (Å²) in [6.45, 7) is 2.55. The van der Waals surface area contributed by atoms with Crippen LogP contribution in [0, 0.1) is 0 Å². The van der Waals surface area contributed by atoms with Crippen LogP contribution in [0.15, 0.2) is 60.0 Å². The van der Waals surface area contributed by atoms with E-state index in [0.29, 0.717) is 12.4 Å². The summed E-state index contributed by atoms with van der Waals surface area (Å²) in [5.74, 6) is 1.45. The average Bonchev–Trinajstić information content (AvgIpc) is 3.08. The molecule has 2 aromatic heterocycles. The summed E-state index contributed by atoms with van der Waals surface area (Å²) in [7, 11) is 0. The highest BCUT2D eigenvalue weighted by Crippen LogP contribution is 2.39. The normalized spacial score (nSPS) is 10.8. The number of thiophene rings is 1. The SMILES string of the molecule is CCOc1ccccc1Nc1nc(Cl)nc2scc(-c3ccccc3)c12.